The summed E-state index contributed by atoms with van der Waals surface area (Å²) in [5.74, 6) is 1.25. The third-order valence-corrected chi connectivity index (χ3v) is 5.48. The molecule has 3 nitrogen and oxygen atoms in total. The summed E-state index contributed by atoms with van der Waals surface area (Å²) in [4.78, 5) is 19.2. The van der Waals surface area contributed by atoms with E-state index in [4.69, 9.17) is 0 Å². The van der Waals surface area contributed by atoms with Gasteiger partial charge in [0, 0.05) is 35.9 Å². The molecule has 0 N–H and O–H groups in total. The van der Waals surface area contributed by atoms with Gasteiger partial charge in [0.25, 0.3) is 0 Å². The van der Waals surface area contributed by atoms with E-state index in [9.17, 15) is 4.79 Å². The second-order valence-corrected chi connectivity index (χ2v) is 7.32. The minimum atomic E-state index is 0.172. The van der Waals surface area contributed by atoms with Crippen LogP contribution in [0.3, 0.4) is 0 Å². The van der Waals surface area contributed by atoms with Crippen LogP contribution in [-0.2, 0) is 11.2 Å². The summed E-state index contributed by atoms with van der Waals surface area (Å²) in [7, 11) is 0. The zero-order valence-corrected chi connectivity index (χ0v) is 14.2. The van der Waals surface area contributed by atoms with Crippen LogP contribution in [0.15, 0.2) is 54.7 Å². The van der Waals surface area contributed by atoms with Crippen LogP contribution in [0.25, 0.3) is 0 Å². The second kappa shape index (κ2) is 7.64. The van der Waals surface area contributed by atoms with Crippen LogP contribution in [0.2, 0.25) is 0 Å². The highest BCUT2D eigenvalue weighted by Gasteiger charge is 2.33. The van der Waals surface area contributed by atoms with Crippen molar-refractivity contribution in [3.63, 3.8) is 0 Å². The van der Waals surface area contributed by atoms with Gasteiger partial charge in [0.15, 0.2) is 0 Å². The number of rotatable bonds is 4. The van der Waals surface area contributed by atoms with Gasteiger partial charge >= 0.3 is 0 Å². The van der Waals surface area contributed by atoms with Crippen LogP contribution in [0.1, 0.15) is 30.6 Å². The molecule has 0 saturated carbocycles. The van der Waals surface area contributed by atoms with Gasteiger partial charge in [-0.25, -0.2) is 0 Å². The topological polar surface area (TPSA) is 33.2 Å². The SMILES string of the molecule is C[C@@H]1SCCN(C(=O)CCc2ccccn2)[C@@H]1c1ccccc1. The summed E-state index contributed by atoms with van der Waals surface area (Å²) >= 11 is 1.95. The number of amides is 1. The Morgan fingerprint density at radius 2 is 2.00 bits per heavy atom. The van der Waals surface area contributed by atoms with Crippen LogP contribution >= 0.6 is 11.8 Å². The maximum Gasteiger partial charge on any atom is 0.223 e. The average Bonchev–Trinajstić information content (AvgIpc) is 2.61. The molecule has 2 aromatic rings. The van der Waals surface area contributed by atoms with Crippen LogP contribution < -0.4 is 0 Å². The third kappa shape index (κ3) is 3.94. The smallest absolute Gasteiger partial charge is 0.223 e. The normalized spacial score (nSPS) is 21.2. The number of thioether (sulfide) groups is 1. The maximum absolute atomic E-state index is 12.8. The summed E-state index contributed by atoms with van der Waals surface area (Å²) in [5, 5.41) is 0.421. The molecular formula is C19H22N2OS. The molecule has 2 heterocycles. The Bertz CT molecular complexity index is 632. The van der Waals surface area contributed by atoms with Crippen LogP contribution in [0.5, 0.6) is 0 Å². The van der Waals surface area contributed by atoms with Crippen molar-refractivity contribution < 1.29 is 4.79 Å². The molecule has 4 heteroatoms. The summed E-state index contributed by atoms with van der Waals surface area (Å²) in [5.41, 5.74) is 2.22. The molecule has 1 saturated heterocycles. The largest absolute Gasteiger partial charge is 0.334 e. The zero-order chi connectivity index (χ0) is 16.1. The molecule has 2 atom stereocenters. The highest BCUT2D eigenvalue weighted by Crippen LogP contribution is 2.36. The number of carbonyl (C=O) groups excluding carboxylic acids is 1. The van der Waals surface area contributed by atoms with Gasteiger partial charge in [0.05, 0.1) is 6.04 Å². The summed E-state index contributed by atoms with van der Waals surface area (Å²) in [6, 6.07) is 16.4. The van der Waals surface area contributed by atoms with E-state index in [0.29, 0.717) is 18.1 Å². The fraction of sp³-hybridized carbons (Fsp3) is 0.368. The molecule has 1 amide bonds. The Labute approximate surface area is 142 Å². The van der Waals surface area contributed by atoms with Gasteiger partial charge in [0.1, 0.15) is 0 Å². The lowest BCUT2D eigenvalue weighted by Gasteiger charge is -2.40. The van der Waals surface area contributed by atoms with E-state index in [1.54, 1.807) is 6.20 Å². The highest BCUT2D eigenvalue weighted by molar-refractivity contribution is 8.00. The molecule has 0 unspecified atom stereocenters. The predicted octanol–water partition coefficient (Wildman–Crippen LogP) is 3.72. The molecule has 1 fully saturated rings. The number of nitrogens with zero attached hydrogens (tertiary/aromatic N) is 2. The van der Waals surface area contributed by atoms with Gasteiger partial charge in [-0.05, 0) is 24.1 Å². The predicted molar refractivity (Wildman–Crippen MR) is 95.4 cm³/mol. The lowest BCUT2D eigenvalue weighted by molar-refractivity contribution is -0.133. The third-order valence-electron chi connectivity index (χ3n) is 4.28. The molecule has 1 aromatic carbocycles. The first-order valence-corrected chi connectivity index (χ1v) is 9.16. The van der Waals surface area contributed by atoms with Crippen LogP contribution in [0.4, 0.5) is 0 Å². The molecule has 1 aromatic heterocycles. The van der Waals surface area contributed by atoms with E-state index in [2.05, 4.69) is 41.1 Å². The van der Waals surface area contributed by atoms with E-state index in [1.165, 1.54) is 5.56 Å². The number of aromatic nitrogens is 1. The van der Waals surface area contributed by atoms with E-state index in [1.807, 2.05) is 36.0 Å². The van der Waals surface area contributed by atoms with E-state index >= 15 is 0 Å². The Morgan fingerprint density at radius 3 is 2.74 bits per heavy atom. The minimum absolute atomic E-state index is 0.172. The average molecular weight is 326 g/mol. The van der Waals surface area contributed by atoms with Gasteiger partial charge in [-0.15, -0.1) is 0 Å². The zero-order valence-electron chi connectivity index (χ0n) is 13.4. The maximum atomic E-state index is 12.8. The van der Waals surface area contributed by atoms with Crippen molar-refractivity contribution in [1.82, 2.24) is 9.88 Å². The lowest BCUT2D eigenvalue weighted by atomic mass is 10.0. The van der Waals surface area contributed by atoms with Gasteiger partial charge < -0.3 is 4.90 Å². The molecule has 0 radical (unpaired) electrons. The molecule has 3 rings (SSSR count). The molecule has 0 spiro atoms. The summed E-state index contributed by atoms with van der Waals surface area (Å²) in [6.07, 6.45) is 3.02. The molecule has 1 aliphatic rings. The Balaban J connectivity index is 1.72. The Kier molecular flexibility index (Phi) is 5.34. The molecule has 0 bridgehead atoms. The first-order chi connectivity index (χ1) is 11.3. The molecule has 120 valence electrons. The molecule has 23 heavy (non-hydrogen) atoms. The molecule has 1 aliphatic heterocycles. The molecular weight excluding hydrogens is 304 g/mol. The van der Waals surface area contributed by atoms with Crippen molar-refractivity contribution in [3.05, 3.63) is 66.0 Å². The standard InChI is InChI=1S/C19H22N2OS/c1-15-19(16-7-3-2-4-8-16)21(13-14-23-15)18(22)11-10-17-9-5-6-12-20-17/h2-9,12,15,19H,10-11,13-14H2,1H3/t15-,19-/m0/s1. The number of benzene rings is 1. The number of pyridine rings is 1. The van der Waals surface area contributed by atoms with Crippen molar-refractivity contribution in [1.29, 1.82) is 0 Å². The summed E-state index contributed by atoms with van der Waals surface area (Å²) < 4.78 is 0. The van der Waals surface area contributed by atoms with Gasteiger partial charge in [0.2, 0.25) is 5.91 Å². The summed E-state index contributed by atoms with van der Waals surface area (Å²) in [6.45, 7) is 3.05. The lowest BCUT2D eigenvalue weighted by Crippen LogP contribution is -2.44. The first kappa shape index (κ1) is 16.1. The van der Waals surface area contributed by atoms with Crippen molar-refractivity contribution in [3.8, 4) is 0 Å². The number of aryl methyl sites for hydroxylation is 1. The van der Waals surface area contributed by atoms with E-state index in [-0.39, 0.29) is 11.9 Å². The van der Waals surface area contributed by atoms with Crippen LogP contribution in [0, 0.1) is 0 Å². The highest BCUT2D eigenvalue weighted by atomic mass is 32.2. The van der Waals surface area contributed by atoms with Gasteiger partial charge in [-0.2, -0.15) is 11.8 Å². The first-order valence-electron chi connectivity index (χ1n) is 8.11. The van der Waals surface area contributed by atoms with Crippen molar-refractivity contribution in [2.45, 2.75) is 31.1 Å². The van der Waals surface area contributed by atoms with Gasteiger partial charge in [-0.1, -0.05) is 43.3 Å². The monoisotopic (exact) mass is 326 g/mol. The minimum Gasteiger partial charge on any atom is -0.334 e. The van der Waals surface area contributed by atoms with E-state index in [0.717, 1.165) is 18.0 Å². The number of hydrogen-bond acceptors (Lipinski definition) is 3. The van der Waals surface area contributed by atoms with Crippen molar-refractivity contribution in [2.24, 2.45) is 0 Å². The van der Waals surface area contributed by atoms with Crippen molar-refractivity contribution in [2.75, 3.05) is 12.3 Å². The quantitative estimate of drug-likeness (QED) is 0.858. The van der Waals surface area contributed by atoms with E-state index < -0.39 is 0 Å². The Hall–Kier alpha value is -1.81. The van der Waals surface area contributed by atoms with Crippen molar-refractivity contribution >= 4 is 17.7 Å². The Morgan fingerprint density at radius 1 is 1.22 bits per heavy atom. The number of carbonyl (C=O) groups is 1. The number of hydrogen-bond donors (Lipinski definition) is 0. The molecule has 0 aliphatic carbocycles. The van der Waals surface area contributed by atoms with Gasteiger partial charge in [-0.3, -0.25) is 9.78 Å². The fourth-order valence-corrected chi connectivity index (χ4v) is 4.29. The van der Waals surface area contributed by atoms with Crippen LogP contribution in [-0.4, -0.2) is 33.3 Å². The fourth-order valence-electron chi connectivity index (χ4n) is 3.13. The second-order valence-electron chi connectivity index (χ2n) is 5.84.